The third-order valence-electron chi connectivity index (χ3n) is 5.47. The average Bonchev–Trinajstić information content (AvgIpc) is 3.21. The molecule has 0 saturated heterocycles. The van der Waals surface area contributed by atoms with E-state index in [1.807, 2.05) is 31.4 Å². The van der Waals surface area contributed by atoms with Crippen molar-refractivity contribution in [1.29, 1.82) is 0 Å². The first-order chi connectivity index (χ1) is 16.7. The highest BCUT2D eigenvalue weighted by Gasteiger charge is 2.28. The van der Waals surface area contributed by atoms with Gasteiger partial charge in [0.05, 0.1) is 18.3 Å². The van der Waals surface area contributed by atoms with Gasteiger partial charge in [0.1, 0.15) is 5.75 Å². The van der Waals surface area contributed by atoms with Gasteiger partial charge in [0, 0.05) is 35.6 Å². The lowest BCUT2D eigenvalue weighted by Crippen LogP contribution is -2.22. The second-order valence-corrected chi connectivity index (χ2v) is 7.94. The van der Waals surface area contributed by atoms with E-state index in [0.29, 0.717) is 28.0 Å². The first-order valence-corrected chi connectivity index (χ1v) is 10.6. The van der Waals surface area contributed by atoms with Crippen LogP contribution in [0.3, 0.4) is 0 Å². The normalized spacial score (nSPS) is 11.8. The molecule has 3 aromatic heterocycles. The van der Waals surface area contributed by atoms with Crippen molar-refractivity contribution in [3.63, 3.8) is 0 Å². The van der Waals surface area contributed by atoms with Gasteiger partial charge in [0.15, 0.2) is 12.3 Å². The molecule has 0 aliphatic rings. The summed E-state index contributed by atoms with van der Waals surface area (Å²) < 4.78 is 51.1. The third kappa shape index (κ3) is 4.42. The Bertz CT molecular complexity index is 1610. The predicted molar refractivity (Wildman–Crippen MR) is 125 cm³/mol. The second-order valence-electron chi connectivity index (χ2n) is 7.94. The SMILES string of the molecule is COc1ccc(-n2c(=O)c(-c3ccc4nn(C)cc4c3)cc3ccc(OCC(F)(F)F)nc32)cc1. The van der Waals surface area contributed by atoms with Crippen molar-refractivity contribution in [1.82, 2.24) is 19.3 Å². The molecule has 5 aromatic rings. The molecule has 35 heavy (non-hydrogen) atoms. The van der Waals surface area contributed by atoms with E-state index in [9.17, 15) is 18.0 Å². The molecule has 0 amide bonds. The maximum absolute atomic E-state index is 13.8. The van der Waals surface area contributed by atoms with Crippen LogP contribution in [0.1, 0.15) is 0 Å². The van der Waals surface area contributed by atoms with Crippen molar-refractivity contribution in [2.75, 3.05) is 13.7 Å². The van der Waals surface area contributed by atoms with Crippen molar-refractivity contribution >= 4 is 21.9 Å². The Kier molecular flexibility index (Phi) is 5.43. The van der Waals surface area contributed by atoms with Gasteiger partial charge >= 0.3 is 6.18 Å². The summed E-state index contributed by atoms with van der Waals surface area (Å²) in [5.41, 5.74) is 2.14. The topological polar surface area (TPSA) is 71.2 Å². The van der Waals surface area contributed by atoms with E-state index in [4.69, 9.17) is 9.47 Å². The number of hydrogen-bond donors (Lipinski definition) is 0. The van der Waals surface area contributed by atoms with E-state index < -0.39 is 12.8 Å². The Hall–Kier alpha value is -4.34. The van der Waals surface area contributed by atoms with Gasteiger partial charge in [-0.1, -0.05) is 6.07 Å². The van der Waals surface area contributed by atoms with Gasteiger partial charge < -0.3 is 9.47 Å². The summed E-state index contributed by atoms with van der Waals surface area (Å²) in [6, 6.07) is 16.9. The van der Waals surface area contributed by atoms with Crippen LogP contribution < -0.4 is 15.0 Å². The molecule has 0 atom stereocenters. The van der Waals surface area contributed by atoms with Crippen LogP contribution in [0.5, 0.6) is 11.6 Å². The smallest absolute Gasteiger partial charge is 0.422 e. The lowest BCUT2D eigenvalue weighted by Gasteiger charge is -2.15. The fraction of sp³-hybridized carbons (Fsp3) is 0.160. The van der Waals surface area contributed by atoms with Crippen molar-refractivity contribution in [3.05, 3.63) is 77.2 Å². The number of aryl methyl sites for hydroxylation is 1. The number of halogens is 3. The summed E-state index contributed by atoms with van der Waals surface area (Å²) in [6.45, 7) is -1.48. The van der Waals surface area contributed by atoms with Crippen LogP contribution in [-0.4, -0.2) is 39.2 Å². The van der Waals surface area contributed by atoms with E-state index >= 15 is 0 Å². The summed E-state index contributed by atoms with van der Waals surface area (Å²) in [7, 11) is 3.34. The second kappa shape index (κ2) is 8.46. The molecule has 0 aliphatic carbocycles. The van der Waals surface area contributed by atoms with Gasteiger partial charge in [-0.2, -0.15) is 23.3 Å². The monoisotopic (exact) mass is 480 g/mol. The highest BCUT2D eigenvalue weighted by molar-refractivity contribution is 5.88. The Labute approximate surface area is 197 Å². The predicted octanol–water partition coefficient (Wildman–Crippen LogP) is 4.89. The maximum Gasteiger partial charge on any atom is 0.422 e. The molecule has 5 rings (SSSR count). The molecule has 3 heterocycles. The lowest BCUT2D eigenvalue weighted by atomic mass is 10.0. The van der Waals surface area contributed by atoms with Crippen LogP contribution in [0.25, 0.3) is 38.8 Å². The highest BCUT2D eigenvalue weighted by Crippen LogP contribution is 2.27. The van der Waals surface area contributed by atoms with Crippen LogP contribution in [0.2, 0.25) is 0 Å². The zero-order valence-corrected chi connectivity index (χ0v) is 18.7. The molecule has 0 aliphatic heterocycles. The number of ether oxygens (including phenoxy) is 2. The van der Waals surface area contributed by atoms with Crippen LogP contribution in [0.4, 0.5) is 13.2 Å². The molecular formula is C25H19F3N4O3. The molecule has 2 aromatic carbocycles. The van der Waals surface area contributed by atoms with Crippen molar-refractivity contribution in [2.45, 2.75) is 6.18 Å². The van der Waals surface area contributed by atoms with Crippen molar-refractivity contribution in [2.24, 2.45) is 7.05 Å². The summed E-state index contributed by atoms with van der Waals surface area (Å²) in [4.78, 5) is 18.0. The lowest BCUT2D eigenvalue weighted by molar-refractivity contribution is -0.154. The molecule has 0 radical (unpaired) electrons. The Morgan fingerprint density at radius 3 is 2.46 bits per heavy atom. The summed E-state index contributed by atoms with van der Waals surface area (Å²) >= 11 is 0. The molecule has 0 bridgehead atoms. The first-order valence-electron chi connectivity index (χ1n) is 10.6. The molecule has 0 spiro atoms. The fourth-order valence-electron chi connectivity index (χ4n) is 3.90. The quantitative estimate of drug-likeness (QED) is 0.358. The highest BCUT2D eigenvalue weighted by atomic mass is 19.4. The number of benzene rings is 2. The largest absolute Gasteiger partial charge is 0.497 e. The van der Waals surface area contributed by atoms with E-state index in [1.165, 1.54) is 17.7 Å². The van der Waals surface area contributed by atoms with Gasteiger partial charge in [-0.15, -0.1) is 0 Å². The van der Waals surface area contributed by atoms with Gasteiger partial charge in [-0.3, -0.25) is 14.0 Å². The molecular weight excluding hydrogens is 461 g/mol. The van der Waals surface area contributed by atoms with E-state index in [0.717, 1.165) is 10.9 Å². The zero-order chi connectivity index (χ0) is 24.7. The molecule has 0 unspecified atom stereocenters. The number of alkyl halides is 3. The van der Waals surface area contributed by atoms with Crippen LogP contribution in [-0.2, 0) is 7.05 Å². The molecule has 0 N–H and O–H groups in total. The Morgan fingerprint density at radius 2 is 1.74 bits per heavy atom. The standard InChI is InChI=1S/C25H19F3N4O3/c1-31-13-17-11-15(3-9-21(17)30-31)20-12-16-4-10-22(35-14-25(26,27)28)29-23(16)32(24(20)33)18-5-7-19(34-2)8-6-18/h3-13H,14H2,1-2H3. The van der Waals surface area contributed by atoms with Crippen molar-refractivity contribution in [3.8, 4) is 28.4 Å². The third-order valence-corrected chi connectivity index (χ3v) is 5.47. The zero-order valence-electron chi connectivity index (χ0n) is 18.7. The van der Waals surface area contributed by atoms with E-state index in [2.05, 4.69) is 10.1 Å². The summed E-state index contributed by atoms with van der Waals surface area (Å²) in [5, 5.41) is 5.79. The number of nitrogens with zero attached hydrogens (tertiary/aromatic N) is 4. The van der Waals surface area contributed by atoms with Gasteiger partial charge in [0.25, 0.3) is 5.56 Å². The molecule has 178 valence electrons. The van der Waals surface area contributed by atoms with Crippen LogP contribution in [0, 0.1) is 0 Å². The Morgan fingerprint density at radius 1 is 0.971 bits per heavy atom. The number of pyridine rings is 2. The van der Waals surface area contributed by atoms with Gasteiger partial charge in [0.2, 0.25) is 5.88 Å². The maximum atomic E-state index is 13.8. The number of methoxy groups -OCH3 is 1. The molecule has 0 fully saturated rings. The van der Waals surface area contributed by atoms with Gasteiger partial charge in [-0.05, 0) is 54.1 Å². The molecule has 0 saturated carbocycles. The molecule has 7 nitrogen and oxygen atoms in total. The number of fused-ring (bicyclic) bond motifs is 2. The molecule has 10 heteroatoms. The van der Waals surface area contributed by atoms with E-state index in [1.54, 1.807) is 41.1 Å². The summed E-state index contributed by atoms with van der Waals surface area (Å²) in [6.07, 6.45) is -2.66. The average molecular weight is 480 g/mol. The fourth-order valence-corrected chi connectivity index (χ4v) is 3.90. The van der Waals surface area contributed by atoms with Crippen LogP contribution >= 0.6 is 0 Å². The number of aromatic nitrogens is 4. The minimum absolute atomic E-state index is 0.172. The van der Waals surface area contributed by atoms with E-state index in [-0.39, 0.29) is 17.1 Å². The van der Waals surface area contributed by atoms with Crippen LogP contribution in [0.15, 0.2) is 71.7 Å². The first kappa shape index (κ1) is 22.5. The summed E-state index contributed by atoms with van der Waals surface area (Å²) in [5.74, 6) is 0.354. The van der Waals surface area contributed by atoms with Crippen molar-refractivity contribution < 1.29 is 22.6 Å². The number of rotatable bonds is 5. The van der Waals surface area contributed by atoms with Gasteiger partial charge in [-0.25, -0.2) is 0 Å². The minimum Gasteiger partial charge on any atom is -0.497 e. The number of hydrogen-bond acceptors (Lipinski definition) is 5. The Balaban J connectivity index is 1.72. The minimum atomic E-state index is -4.51.